The van der Waals surface area contributed by atoms with Crippen LogP contribution in [0.1, 0.15) is 36.5 Å². The van der Waals surface area contributed by atoms with Crippen LogP contribution in [-0.4, -0.2) is 49.7 Å². The minimum absolute atomic E-state index is 0.0558. The quantitative estimate of drug-likeness (QED) is 0.554. The normalized spacial score (nSPS) is 13.8. The first kappa shape index (κ1) is 23.1. The van der Waals surface area contributed by atoms with Gasteiger partial charge in [-0.3, -0.25) is 14.3 Å². The Bertz CT molecular complexity index is 1020. The molecule has 166 valence electrons. The van der Waals surface area contributed by atoms with Crippen molar-refractivity contribution in [3.63, 3.8) is 0 Å². The SMILES string of the molecule is CCCS(=O)(=O)Nc1ccc(NC(=O)c2ccccc2SCC(=O)N2CCCC2)cc1. The van der Waals surface area contributed by atoms with E-state index in [2.05, 4.69) is 10.0 Å². The van der Waals surface area contributed by atoms with Crippen LogP contribution in [0.25, 0.3) is 0 Å². The topological polar surface area (TPSA) is 95.6 Å². The van der Waals surface area contributed by atoms with Gasteiger partial charge in [0, 0.05) is 29.4 Å². The Hall–Kier alpha value is -2.52. The van der Waals surface area contributed by atoms with Gasteiger partial charge >= 0.3 is 0 Å². The number of nitrogens with zero attached hydrogens (tertiary/aromatic N) is 1. The van der Waals surface area contributed by atoms with Gasteiger partial charge in [-0.25, -0.2) is 8.42 Å². The molecule has 31 heavy (non-hydrogen) atoms. The highest BCUT2D eigenvalue weighted by molar-refractivity contribution is 8.00. The first-order valence-electron chi connectivity index (χ1n) is 10.3. The van der Waals surface area contributed by atoms with Crippen molar-refractivity contribution >= 4 is 45.0 Å². The highest BCUT2D eigenvalue weighted by Crippen LogP contribution is 2.25. The number of hydrogen-bond acceptors (Lipinski definition) is 5. The van der Waals surface area contributed by atoms with Gasteiger partial charge in [-0.2, -0.15) is 0 Å². The van der Waals surface area contributed by atoms with E-state index in [1.165, 1.54) is 11.8 Å². The molecule has 2 amide bonds. The second kappa shape index (κ2) is 10.7. The third-order valence-corrected chi connectivity index (χ3v) is 7.38. The molecule has 2 aromatic rings. The average Bonchev–Trinajstić information content (AvgIpc) is 3.28. The summed E-state index contributed by atoms with van der Waals surface area (Å²) in [6.07, 6.45) is 2.63. The molecule has 1 aliphatic rings. The van der Waals surface area contributed by atoms with Crippen molar-refractivity contribution in [2.75, 3.05) is 34.6 Å². The number of nitrogens with one attached hydrogen (secondary N) is 2. The minimum atomic E-state index is -3.36. The van der Waals surface area contributed by atoms with Gasteiger partial charge in [0.15, 0.2) is 0 Å². The van der Waals surface area contributed by atoms with Crippen LogP contribution < -0.4 is 10.0 Å². The Balaban J connectivity index is 1.62. The first-order valence-corrected chi connectivity index (χ1v) is 12.9. The molecule has 0 saturated carbocycles. The van der Waals surface area contributed by atoms with E-state index in [1.807, 2.05) is 17.0 Å². The maximum Gasteiger partial charge on any atom is 0.256 e. The van der Waals surface area contributed by atoms with E-state index in [0.29, 0.717) is 29.1 Å². The minimum Gasteiger partial charge on any atom is -0.342 e. The molecule has 1 aliphatic heterocycles. The predicted octanol–water partition coefficient (Wildman–Crippen LogP) is 3.81. The fourth-order valence-electron chi connectivity index (χ4n) is 3.30. The highest BCUT2D eigenvalue weighted by Gasteiger charge is 2.19. The molecule has 1 saturated heterocycles. The van der Waals surface area contributed by atoms with Gasteiger partial charge in [0.2, 0.25) is 15.9 Å². The Morgan fingerprint density at radius 3 is 2.32 bits per heavy atom. The summed E-state index contributed by atoms with van der Waals surface area (Å²) in [6, 6.07) is 13.7. The third kappa shape index (κ3) is 6.73. The van der Waals surface area contributed by atoms with Crippen LogP contribution in [0.2, 0.25) is 0 Å². The molecule has 0 aromatic heterocycles. The number of carbonyl (C=O) groups excluding carboxylic acids is 2. The molecule has 0 atom stereocenters. The van der Waals surface area contributed by atoms with Crippen molar-refractivity contribution in [2.24, 2.45) is 0 Å². The number of hydrogen-bond donors (Lipinski definition) is 2. The second-order valence-electron chi connectivity index (χ2n) is 7.33. The summed E-state index contributed by atoms with van der Waals surface area (Å²) in [5, 5.41) is 2.83. The molecule has 1 heterocycles. The number of thioether (sulfide) groups is 1. The smallest absolute Gasteiger partial charge is 0.256 e. The molecule has 7 nitrogen and oxygen atoms in total. The number of benzene rings is 2. The molecule has 2 aromatic carbocycles. The molecule has 0 unspecified atom stereocenters. The van der Waals surface area contributed by atoms with Gasteiger partial charge in [0.05, 0.1) is 17.1 Å². The van der Waals surface area contributed by atoms with Gasteiger partial charge in [-0.05, 0) is 55.7 Å². The molecule has 9 heteroatoms. The van der Waals surface area contributed by atoms with Gasteiger partial charge < -0.3 is 10.2 Å². The van der Waals surface area contributed by atoms with Crippen molar-refractivity contribution < 1.29 is 18.0 Å². The molecule has 1 fully saturated rings. The number of rotatable bonds is 9. The van der Waals surface area contributed by atoms with Crippen LogP contribution in [0.3, 0.4) is 0 Å². The zero-order valence-corrected chi connectivity index (χ0v) is 19.1. The van der Waals surface area contributed by atoms with Gasteiger partial charge in [0.25, 0.3) is 5.91 Å². The van der Waals surface area contributed by atoms with Crippen molar-refractivity contribution in [3.8, 4) is 0 Å². The number of carbonyl (C=O) groups is 2. The summed E-state index contributed by atoms with van der Waals surface area (Å²) in [4.78, 5) is 27.7. The van der Waals surface area contributed by atoms with Crippen LogP contribution in [0, 0.1) is 0 Å². The lowest BCUT2D eigenvalue weighted by Crippen LogP contribution is -2.29. The fourth-order valence-corrected chi connectivity index (χ4v) is 5.38. The Morgan fingerprint density at radius 2 is 1.65 bits per heavy atom. The monoisotopic (exact) mass is 461 g/mol. The van der Waals surface area contributed by atoms with Crippen molar-refractivity contribution in [2.45, 2.75) is 31.1 Å². The lowest BCUT2D eigenvalue weighted by atomic mass is 10.2. The standard InChI is InChI=1S/C22H27N3O4S2/c1-2-15-31(28,29)24-18-11-9-17(10-12-18)23-22(27)19-7-3-4-8-20(19)30-16-21(26)25-13-5-6-14-25/h3-4,7-12,24H,2,5-6,13-16H2,1H3,(H,23,27). The Morgan fingerprint density at radius 1 is 1.00 bits per heavy atom. The second-order valence-corrected chi connectivity index (χ2v) is 10.2. The lowest BCUT2D eigenvalue weighted by molar-refractivity contribution is -0.127. The summed E-state index contributed by atoms with van der Waals surface area (Å²) in [5.41, 5.74) is 1.49. The Kier molecular flexibility index (Phi) is 7.97. The van der Waals surface area contributed by atoms with E-state index in [4.69, 9.17) is 0 Å². The molecular weight excluding hydrogens is 434 g/mol. The highest BCUT2D eigenvalue weighted by atomic mass is 32.2. The number of amides is 2. The summed E-state index contributed by atoms with van der Waals surface area (Å²) in [7, 11) is -3.36. The predicted molar refractivity (Wildman–Crippen MR) is 125 cm³/mol. The third-order valence-electron chi connectivity index (χ3n) is 4.83. The summed E-state index contributed by atoms with van der Waals surface area (Å²) >= 11 is 1.37. The van der Waals surface area contributed by atoms with Crippen LogP contribution in [0.4, 0.5) is 11.4 Å². The molecule has 3 rings (SSSR count). The van der Waals surface area contributed by atoms with Crippen molar-refractivity contribution in [3.05, 3.63) is 54.1 Å². The summed E-state index contributed by atoms with van der Waals surface area (Å²) in [5.74, 6) is 0.173. The van der Waals surface area contributed by atoms with E-state index in [-0.39, 0.29) is 17.6 Å². The number of likely N-dealkylation sites (tertiary alicyclic amines) is 1. The van der Waals surface area contributed by atoms with Crippen LogP contribution >= 0.6 is 11.8 Å². The van der Waals surface area contributed by atoms with E-state index >= 15 is 0 Å². The fraction of sp³-hybridized carbons (Fsp3) is 0.364. The molecule has 0 spiro atoms. The molecule has 2 N–H and O–H groups in total. The van der Waals surface area contributed by atoms with Gasteiger partial charge in [-0.15, -0.1) is 11.8 Å². The van der Waals surface area contributed by atoms with Crippen molar-refractivity contribution in [1.82, 2.24) is 4.90 Å². The zero-order valence-electron chi connectivity index (χ0n) is 17.5. The maximum atomic E-state index is 12.8. The van der Waals surface area contributed by atoms with E-state index in [0.717, 1.165) is 30.8 Å². The number of sulfonamides is 1. The molecular formula is C22H27N3O4S2. The van der Waals surface area contributed by atoms with Crippen LogP contribution in [0.15, 0.2) is 53.4 Å². The van der Waals surface area contributed by atoms with E-state index in [9.17, 15) is 18.0 Å². The molecule has 0 radical (unpaired) electrons. The lowest BCUT2D eigenvalue weighted by Gasteiger charge is -2.15. The van der Waals surface area contributed by atoms with E-state index < -0.39 is 10.0 Å². The first-order chi connectivity index (χ1) is 14.9. The van der Waals surface area contributed by atoms with Gasteiger partial charge in [-0.1, -0.05) is 19.1 Å². The average molecular weight is 462 g/mol. The van der Waals surface area contributed by atoms with Crippen LogP contribution in [0.5, 0.6) is 0 Å². The summed E-state index contributed by atoms with van der Waals surface area (Å²) in [6.45, 7) is 3.43. The molecule has 0 bridgehead atoms. The van der Waals surface area contributed by atoms with Crippen LogP contribution in [-0.2, 0) is 14.8 Å². The van der Waals surface area contributed by atoms with Crippen molar-refractivity contribution in [1.29, 1.82) is 0 Å². The largest absolute Gasteiger partial charge is 0.342 e. The molecule has 0 aliphatic carbocycles. The Labute approximate surface area is 187 Å². The number of anilines is 2. The van der Waals surface area contributed by atoms with E-state index in [1.54, 1.807) is 43.3 Å². The maximum absolute atomic E-state index is 12.8. The summed E-state index contributed by atoms with van der Waals surface area (Å²) < 4.78 is 26.2. The zero-order chi connectivity index (χ0) is 22.3. The van der Waals surface area contributed by atoms with Gasteiger partial charge in [0.1, 0.15) is 0 Å².